The first-order chi connectivity index (χ1) is 6.27. The molecule has 0 unspecified atom stereocenters. The lowest BCUT2D eigenvalue weighted by Gasteiger charge is -2.08. The van der Waals surface area contributed by atoms with Crippen molar-refractivity contribution in [1.29, 1.82) is 0 Å². The number of nitrogens with one attached hydrogen (secondary N) is 1. The van der Waals surface area contributed by atoms with Gasteiger partial charge in [0, 0.05) is 23.2 Å². The second-order valence-corrected chi connectivity index (χ2v) is 3.80. The Balaban J connectivity index is 2.73. The highest BCUT2D eigenvalue weighted by Gasteiger charge is 1.98. The van der Waals surface area contributed by atoms with E-state index in [9.17, 15) is 0 Å². The third-order valence-electron chi connectivity index (χ3n) is 1.83. The highest BCUT2D eigenvalue weighted by Crippen LogP contribution is 2.23. The summed E-state index contributed by atoms with van der Waals surface area (Å²) in [4.78, 5) is 0. The van der Waals surface area contributed by atoms with E-state index >= 15 is 0 Å². The summed E-state index contributed by atoms with van der Waals surface area (Å²) in [6.07, 6.45) is 1.13. The van der Waals surface area contributed by atoms with Gasteiger partial charge in [-0.15, -0.1) is 0 Å². The van der Waals surface area contributed by atoms with Crippen LogP contribution in [0.5, 0.6) is 0 Å². The predicted molar refractivity (Wildman–Crippen MR) is 60.8 cm³/mol. The summed E-state index contributed by atoms with van der Waals surface area (Å²) in [6, 6.07) is 6.16. The average Bonchev–Trinajstić information content (AvgIpc) is 2.16. The number of nitrogens with two attached hydrogens (primary N) is 1. The minimum Gasteiger partial charge on any atom is -0.384 e. The van der Waals surface area contributed by atoms with E-state index in [0.717, 1.165) is 28.7 Å². The molecule has 3 N–H and O–H groups in total. The molecule has 0 saturated carbocycles. The van der Waals surface area contributed by atoms with Crippen LogP contribution in [0, 0.1) is 0 Å². The number of halogens is 1. The molecule has 13 heavy (non-hydrogen) atoms. The van der Waals surface area contributed by atoms with Crippen molar-refractivity contribution in [1.82, 2.24) is 0 Å². The normalized spacial score (nSPS) is 10.1. The lowest BCUT2D eigenvalue weighted by Crippen LogP contribution is -2.02. The molecule has 0 atom stereocenters. The molecule has 1 aromatic carbocycles. The summed E-state index contributed by atoms with van der Waals surface area (Å²) < 4.78 is 1.09. The SMILES string of the molecule is CCCNc1ccc(CN)cc1Br. The smallest absolute Gasteiger partial charge is 0.0484 e. The number of rotatable bonds is 4. The first-order valence-electron chi connectivity index (χ1n) is 4.50. The van der Waals surface area contributed by atoms with Gasteiger partial charge in [-0.2, -0.15) is 0 Å². The Labute approximate surface area is 87.6 Å². The average molecular weight is 243 g/mol. The molecule has 0 saturated heterocycles. The van der Waals surface area contributed by atoms with Crippen molar-refractivity contribution in [3.05, 3.63) is 28.2 Å². The van der Waals surface area contributed by atoms with Crippen LogP contribution in [0.15, 0.2) is 22.7 Å². The number of benzene rings is 1. The van der Waals surface area contributed by atoms with Gasteiger partial charge in [-0.25, -0.2) is 0 Å². The molecule has 0 bridgehead atoms. The lowest BCUT2D eigenvalue weighted by atomic mass is 10.2. The van der Waals surface area contributed by atoms with Gasteiger partial charge in [0.05, 0.1) is 0 Å². The molecule has 0 amide bonds. The van der Waals surface area contributed by atoms with E-state index in [1.54, 1.807) is 0 Å². The van der Waals surface area contributed by atoms with Gasteiger partial charge in [-0.05, 0) is 40.0 Å². The maximum absolute atomic E-state index is 5.53. The van der Waals surface area contributed by atoms with Crippen LogP contribution in [0.25, 0.3) is 0 Å². The van der Waals surface area contributed by atoms with E-state index in [2.05, 4.69) is 40.3 Å². The maximum atomic E-state index is 5.53. The van der Waals surface area contributed by atoms with Crippen LogP contribution in [0.1, 0.15) is 18.9 Å². The molecule has 0 radical (unpaired) electrons. The van der Waals surface area contributed by atoms with Crippen LogP contribution in [-0.2, 0) is 6.54 Å². The zero-order valence-corrected chi connectivity index (χ0v) is 9.39. The van der Waals surface area contributed by atoms with Crippen molar-refractivity contribution >= 4 is 21.6 Å². The summed E-state index contributed by atoms with van der Waals surface area (Å²) in [5, 5.41) is 3.33. The van der Waals surface area contributed by atoms with Gasteiger partial charge in [-0.1, -0.05) is 13.0 Å². The monoisotopic (exact) mass is 242 g/mol. The van der Waals surface area contributed by atoms with Crippen LogP contribution in [0.2, 0.25) is 0 Å². The van der Waals surface area contributed by atoms with Gasteiger partial charge >= 0.3 is 0 Å². The minimum absolute atomic E-state index is 0.590. The van der Waals surface area contributed by atoms with Crippen molar-refractivity contribution in [3.63, 3.8) is 0 Å². The van der Waals surface area contributed by atoms with Gasteiger partial charge in [-0.3, -0.25) is 0 Å². The molecule has 2 nitrogen and oxygen atoms in total. The van der Waals surface area contributed by atoms with E-state index in [0.29, 0.717) is 6.54 Å². The fraction of sp³-hybridized carbons (Fsp3) is 0.400. The maximum Gasteiger partial charge on any atom is 0.0484 e. The van der Waals surface area contributed by atoms with Crippen molar-refractivity contribution in [2.75, 3.05) is 11.9 Å². The van der Waals surface area contributed by atoms with Gasteiger partial charge in [0.2, 0.25) is 0 Å². The van der Waals surface area contributed by atoms with E-state index in [1.165, 1.54) is 0 Å². The Bertz CT molecular complexity index is 274. The first-order valence-corrected chi connectivity index (χ1v) is 5.29. The molecule has 0 aliphatic rings. The lowest BCUT2D eigenvalue weighted by molar-refractivity contribution is 0.977. The Kier molecular flexibility index (Phi) is 4.25. The highest BCUT2D eigenvalue weighted by atomic mass is 79.9. The van der Waals surface area contributed by atoms with Crippen molar-refractivity contribution in [2.24, 2.45) is 5.73 Å². The Morgan fingerprint density at radius 2 is 2.23 bits per heavy atom. The molecule has 1 rings (SSSR count). The van der Waals surface area contributed by atoms with Crippen molar-refractivity contribution in [3.8, 4) is 0 Å². The van der Waals surface area contributed by atoms with Crippen LogP contribution in [0.3, 0.4) is 0 Å². The summed E-state index contributed by atoms with van der Waals surface area (Å²) in [7, 11) is 0. The molecule has 0 aromatic heterocycles. The summed E-state index contributed by atoms with van der Waals surface area (Å²) in [5.74, 6) is 0. The number of anilines is 1. The van der Waals surface area contributed by atoms with Gasteiger partial charge in [0.25, 0.3) is 0 Å². The number of hydrogen-bond acceptors (Lipinski definition) is 2. The van der Waals surface area contributed by atoms with Gasteiger partial charge in [0.1, 0.15) is 0 Å². The second kappa shape index (κ2) is 5.25. The largest absolute Gasteiger partial charge is 0.384 e. The van der Waals surface area contributed by atoms with E-state index in [4.69, 9.17) is 5.73 Å². The van der Waals surface area contributed by atoms with Gasteiger partial charge < -0.3 is 11.1 Å². The molecule has 1 aromatic rings. The third kappa shape index (κ3) is 3.01. The first kappa shape index (κ1) is 10.5. The Morgan fingerprint density at radius 1 is 1.46 bits per heavy atom. The minimum atomic E-state index is 0.590. The summed E-state index contributed by atoms with van der Waals surface area (Å²) >= 11 is 3.50. The molecule has 3 heteroatoms. The predicted octanol–water partition coefficient (Wildman–Crippen LogP) is 2.73. The zero-order valence-electron chi connectivity index (χ0n) is 7.81. The van der Waals surface area contributed by atoms with Crippen LogP contribution in [-0.4, -0.2) is 6.54 Å². The highest BCUT2D eigenvalue weighted by molar-refractivity contribution is 9.10. The molecule has 0 heterocycles. The molecule has 0 spiro atoms. The molecule has 0 aliphatic carbocycles. The van der Waals surface area contributed by atoms with E-state index in [1.807, 2.05) is 6.07 Å². The van der Waals surface area contributed by atoms with E-state index in [-0.39, 0.29) is 0 Å². The molecular weight excluding hydrogens is 228 g/mol. The quantitative estimate of drug-likeness (QED) is 0.853. The van der Waals surface area contributed by atoms with Crippen LogP contribution in [0.4, 0.5) is 5.69 Å². The topological polar surface area (TPSA) is 38.0 Å². The third-order valence-corrected chi connectivity index (χ3v) is 2.49. The van der Waals surface area contributed by atoms with Crippen molar-refractivity contribution < 1.29 is 0 Å². The summed E-state index contributed by atoms with van der Waals surface area (Å²) in [6.45, 7) is 3.74. The molecule has 72 valence electrons. The Hall–Kier alpha value is -0.540. The van der Waals surface area contributed by atoms with Crippen LogP contribution < -0.4 is 11.1 Å². The fourth-order valence-electron chi connectivity index (χ4n) is 1.09. The summed E-state index contributed by atoms with van der Waals surface area (Å²) in [5.41, 5.74) is 7.81. The van der Waals surface area contributed by atoms with Crippen LogP contribution >= 0.6 is 15.9 Å². The second-order valence-electron chi connectivity index (χ2n) is 2.95. The fourth-order valence-corrected chi connectivity index (χ4v) is 1.66. The van der Waals surface area contributed by atoms with Gasteiger partial charge in [0.15, 0.2) is 0 Å². The standard InChI is InChI=1S/C10H15BrN2/c1-2-5-13-10-4-3-8(7-12)6-9(10)11/h3-4,6,13H,2,5,7,12H2,1H3. The number of hydrogen-bond donors (Lipinski definition) is 2. The zero-order chi connectivity index (χ0) is 9.68. The van der Waals surface area contributed by atoms with E-state index < -0.39 is 0 Å². The molecule has 0 fully saturated rings. The molecular formula is C10H15BrN2. The van der Waals surface area contributed by atoms with Crippen molar-refractivity contribution in [2.45, 2.75) is 19.9 Å². The Morgan fingerprint density at radius 3 is 2.77 bits per heavy atom. The molecule has 0 aliphatic heterocycles.